The molecule has 0 spiro atoms. The zero-order chi connectivity index (χ0) is 9.30. The average Bonchev–Trinajstić information content (AvgIpc) is 1.96. The van der Waals surface area contributed by atoms with Crippen molar-refractivity contribution in [3.63, 3.8) is 0 Å². The molecule has 13 heavy (non-hydrogen) atoms. The second-order valence-corrected chi connectivity index (χ2v) is 4.03. The minimum absolute atomic E-state index is 0. The summed E-state index contributed by atoms with van der Waals surface area (Å²) >= 11 is 0.594. The summed E-state index contributed by atoms with van der Waals surface area (Å²) < 4.78 is 34.0. The van der Waals surface area contributed by atoms with Crippen LogP contribution in [0.25, 0.3) is 0 Å². The van der Waals surface area contributed by atoms with E-state index in [2.05, 4.69) is 15.9 Å². The van der Waals surface area contributed by atoms with Crippen molar-refractivity contribution in [1.82, 2.24) is 0 Å². The van der Waals surface area contributed by atoms with Gasteiger partial charge in [-0.1, -0.05) is 0 Å². The van der Waals surface area contributed by atoms with E-state index in [-0.39, 0.29) is 38.9 Å². The summed E-state index contributed by atoms with van der Waals surface area (Å²) in [7, 11) is 0. The monoisotopic (exact) mass is 274 g/mol. The second-order valence-electron chi connectivity index (χ2n) is 2.27. The van der Waals surface area contributed by atoms with Crippen molar-refractivity contribution in [2.45, 2.75) is 11.8 Å². The van der Waals surface area contributed by atoms with Crippen molar-refractivity contribution in [3.05, 3.63) is 28.0 Å². The number of halogens is 2. The van der Waals surface area contributed by atoms with E-state index in [0.717, 1.165) is 0 Å². The Kier molecular flexibility index (Phi) is 5.90. The smallest absolute Gasteiger partial charge is 0.768 e. The SMILES string of the molecule is Cc1cc(F)c(Br)cc1S(=O)[O-].[Na+]. The third kappa shape index (κ3) is 3.42. The molecule has 0 aliphatic carbocycles. The van der Waals surface area contributed by atoms with Crippen molar-refractivity contribution >= 4 is 27.0 Å². The van der Waals surface area contributed by atoms with Crippen molar-refractivity contribution in [2.75, 3.05) is 0 Å². The zero-order valence-electron chi connectivity index (χ0n) is 7.14. The van der Waals surface area contributed by atoms with E-state index >= 15 is 0 Å². The van der Waals surface area contributed by atoms with E-state index in [4.69, 9.17) is 0 Å². The molecule has 0 bridgehead atoms. The van der Waals surface area contributed by atoms with Crippen molar-refractivity contribution < 1.29 is 42.7 Å². The summed E-state index contributed by atoms with van der Waals surface area (Å²) in [5, 5.41) is 0. The van der Waals surface area contributed by atoms with Gasteiger partial charge in [0.25, 0.3) is 0 Å². The fourth-order valence-electron chi connectivity index (χ4n) is 0.808. The van der Waals surface area contributed by atoms with Gasteiger partial charge in [0.2, 0.25) is 0 Å². The number of rotatable bonds is 1. The molecule has 1 aromatic carbocycles. The van der Waals surface area contributed by atoms with Gasteiger partial charge in [-0.3, -0.25) is 4.21 Å². The molecular formula is C7H5BrFNaO2S. The summed E-state index contributed by atoms with van der Waals surface area (Å²) in [5.41, 5.74) is 0.407. The molecule has 0 heterocycles. The largest absolute Gasteiger partial charge is 1.00 e. The average molecular weight is 275 g/mol. The standard InChI is InChI=1S/C7H6BrFO2S.Na/c1-4-2-6(9)5(8)3-7(4)12(10)11;/h2-3H,1H3,(H,10,11);/q;+1/p-1. The third-order valence-corrected chi connectivity index (χ3v) is 2.80. The van der Waals surface area contributed by atoms with Crippen LogP contribution in [0.15, 0.2) is 21.5 Å². The topological polar surface area (TPSA) is 40.1 Å². The van der Waals surface area contributed by atoms with Crippen LogP contribution in [-0.4, -0.2) is 8.76 Å². The summed E-state index contributed by atoms with van der Waals surface area (Å²) in [5.74, 6) is -0.457. The van der Waals surface area contributed by atoms with Crippen molar-refractivity contribution in [1.29, 1.82) is 0 Å². The van der Waals surface area contributed by atoms with E-state index in [1.165, 1.54) is 12.1 Å². The van der Waals surface area contributed by atoms with Gasteiger partial charge in [-0.05, 0) is 51.6 Å². The molecule has 0 aliphatic heterocycles. The fourth-order valence-corrected chi connectivity index (χ4v) is 1.84. The maximum absolute atomic E-state index is 12.8. The minimum Gasteiger partial charge on any atom is -0.768 e. The molecule has 0 aliphatic rings. The van der Waals surface area contributed by atoms with Gasteiger partial charge in [-0.25, -0.2) is 4.39 Å². The molecule has 6 heteroatoms. The molecule has 66 valence electrons. The molecule has 0 aromatic heterocycles. The van der Waals surface area contributed by atoms with E-state index in [9.17, 15) is 13.2 Å². The molecule has 1 unspecified atom stereocenters. The quantitative estimate of drug-likeness (QED) is 0.494. The molecule has 0 N–H and O–H groups in total. The molecular weight excluding hydrogens is 270 g/mol. The van der Waals surface area contributed by atoms with Gasteiger partial charge in [-0.2, -0.15) is 0 Å². The Bertz CT molecular complexity index is 346. The van der Waals surface area contributed by atoms with Gasteiger partial charge < -0.3 is 4.55 Å². The Balaban J connectivity index is 0.00000144. The molecule has 1 rings (SSSR count). The zero-order valence-corrected chi connectivity index (χ0v) is 11.5. The van der Waals surface area contributed by atoms with Crippen LogP contribution in [0.4, 0.5) is 4.39 Å². The fraction of sp³-hybridized carbons (Fsp3) is 0.143. The van der Waals surface area contributed by atoms with Gasteiger partial charge >= 0.3 is 29.6 Å². The van der Waals surface area contributed by atoms with Crippen LogP contribution in [0.3, 0.4) is 0 Å². The normalized spacial score (nSPS) is 12.0. The predicted molar refractivity (Wildman–Crippen MR) is 46.0 cm³/mol. The van der Waals surface area contributed by atoms with E-state index < -0.39 is 16.9 Å². The van der Waals surface area contributed by atoms with Crippen molar-refractivity contribution in [2.24, 2.45) is 0 Å². The summed E-state index contributed by atoms with van der Waals surface area (Å²) in [6.07, 6.45) is 0. The Morgan fingerprint density at radius 1 is 1.54 bits per heavy atom. The Labute approximate surface area is 109 Å². The first-order chi connectivity index (χ1) is 5.52. The Morgan fingerprint density at radius 2 is 2.08 bits per heavy atom. The summed E-state index contributed by atoms with van der Waals surface area (Å²) in [6, 6.07) is 2.42. The van der Waals surface area contributed by atoms with Crippen LogP contribution in [-0.2, 0) is 11.1 Å². The molecule has 1 aromatic rings. The van der Waals surface area contributed by atoms with E-state index in [1.54, 1.807) is 6.92 Å². The van der Waals surface area contributed by atoms with Gasteiger partial charge in [-0.15, -0.1) is 0 Å². The van der Waals surface area contributed by atoms with Gasteiger partial charge in [0, 0.05) is 4.90 Å². The molecule has 0 radical (unpaired) electrons. The van der Waals surface area contributed by atoms with Crippen LogP contribution in [0.1, 0.15) is 5.56 Å². The molecule has 0 amide bonds. The van der Waals surface area contributed by atoms with Crippen LogP contribution in [0.2, 0.25) is 0 Å². The van der Waals surface area contributed by atoms with Crippen LogP contribution >= 0.6 is 15.9 Å². The van der Waals surface area contributed by atoms with Gasteiger partial charge in [0.05, 0.1) is 4.47 Å². The first-order valence-electron chi connectivity index (χ1n) is 3.07. The number of hydrogen-bond donors (Lipinski definition) is 0. The van der Waals surface area contributed by atoms with Crippen molar-refractivity contribution in [3.8, 4) is 0 Å². The maximum Gasteiger partial charge on any atom is 1.00 e. The van der Waals surface area contributed by atoms with Crippen LogP contribution < -0.4 is 29.6 Å². The van der Waals surface area contributed by atoms with E-state index in [0.29, 0.717) is 5.56 Å². The maximum atomic E-state index is 12.8. The van der Waals surface area contributed by atoms with Crippen LogP contribution in [0.5, 0.6) is 0 Å². The molecule has 0 saturated heterocycles. The Hall–Kier alpha value is 0.740. The molecule has 0 fully saturated rings. The molecule has 0 saturated carbocycles. The number of benzene rings is 1. The second kappa shape index (κ2) is 5.58. The first-order valence-corrected chi connectivity index (χ1v) is 4.94. The summed E-state index contributed by atoms with van der Waals surface area (Å²) in [4.78, 5) is 0.114. The minimum atomic E-state index is -2.31. The first kappa shape index (κ1) is 13.7. The molecule has 2 nitrogen and oxygen atoms in total. The number of hydrogen-bond acceptors (Lipinski definition) is 2. The molecule has 1 atom stereocenters. The Morgan fingerprint density at radius 3 is 2.54 bits per heavy atom. The number of aryl methyl sites for hydroxylation is 1. The summed E-state index contributed by atoms with van der Waals surface area (Å²) in [6.45, 7) is 1.54. The van der Waals surface area contributed by atoms with Crippen LogP contribution in [0, 0.1) is 12.7 Å². The van der Waals surface area contributed by atoms with Gasteiger partial charge in [0.1, 0.15) is 5.82 Å². The third-order valence-electron chi connectivity index (χ3n) is 1.40. The van der Waals surface area contributed by atoms with E-state index in [1.807, 2.05) is 0 Å². The predicted octanol–water partition coefficient (Wildman–Crippen LogP) is -0.861. The van der Waals surface area contributed by atoms with Gasteiger partial charge in [0.15, 0.2) is 0 Å².